The molecule has 1 aliphatic rings. The second-order valence-corrected chi connectivity index (χ2v) is 5.89. The van der Waals surface area contributed by atoms with E-state index in [-0.39, 0.29) is 18.0 Å². The number of halogens is 1. The Hall–Kier alpha value is -3.75. The number of imide groups is 1. The number of hydrogen-bond donors (Lipinski definition) is 1. The molecule has 1 fully saturated rings. The van der Waals surface area contributed by atoms with Gasteiger partial charge in [-0.05, 0) is 42.5 Å². The van der Waals surface area contributed by atoms with Crippen LogP contribution in [0.25, 0.3) is 0 Å². The number of carbonyl (C=O) groups excluding carboxylic acids is 4. The average Bonchev–Trinajstić information content (AvgIpc) is 2.99. The zero-order chi connectivity index (χ0) is 20.3. The lowest BCUT2D eigenvalue weighted by Gasteiger charge is -2.17. The molecule has 0 aromatic heterocycles. The van der Waals surface area contributed by atoms with E-state index in [1.165, 1.54) is 54.4 Å². The normalized spacial score (nSPS) is 13.6. The summed E-state index contributed by atoms with van der Waals surface area (Å²) in [5, 5.41) is 2.48. The smallest absolute Gasteiger partial charge is 0.339 e. The highest BCUT2D eigenvalue weighted by atomic mass is 19.1. The summed E-state index contributed by atoms with van der Waals surface area (Å²) in [5.41, 5.74) is 0.802. The zero-order valence-electron chi connectivity index (χ0n) is 14.8. The van der Waals surface area contributed by atoms with E-state index in [4.69, 9.17) is 4.74 Å². The molecule has 1 saturated heterocycles. The molecular weight excluding hydrogens is 369 g/mol. The molecule has 0 spiro atoms. The van der Waals surface area contributed by atoms with Crippen LogP contribution in [0.4, 0.5) is 14.9 Å². The van der Waals surface area contributed by atoms with E-state index < -0.39 is 30.5 Å². The Bertz CT molecular complexity index is 945. The summed E-state index contributed by atoms with van der Waals surface area (Å²) >= 11 is 0. The fourth-order valence-electron chi connectivity index (χ4n) is 2.63. The van der Waals surface area contributed by atoms with Crippen LogP contribution in [0.5, 0.6) is 0 Å². The molecule has 9 heteroatoms. The molecule has 2 aromatic carbocycles. The van der Waals surface area contributed by atoms with Crippen LogP contribution < -0.4 is 10.2 Å². The lowest BCUT2D eigenvalue weighted by atomic mass is 10.2. The Labute approximate surface area is 159 Å². The quantitative estimate of drug-likeness (QED) is 0.625. The van der Waals surface area contributed by atoms with Gasteiger partial charge in [-0.15, -0.1) is 0 Å². The van der Waals surface area contributed by atoms with Crippen molar-refractivity contribution in [2.45, 2.75) is 0 Å². The molecule has 2 aromatic rings. The van der Waals surface area contributed by atoms with E-state index in [1.54, 1.807) is 0 Å². The number of carbonyl (C=O) groups is 4. The van der Waals surface area contributed by atoms with Crippen molar-refractivity contribution in [2.24, 2.45) is 0 Å². The van der Waals surface area contributed by atoms with Crippen LogP contribution in [0.2, 0.25) is 0 Å². The molecule has 3 rings (SSSR count). The molecule has 0 bridgehead atoms. The maximum absolute atomic E-state index is 13.2. The second kappa shape index (κ2) is 7.87. The van der Waals surface area contributed by atoms with Gasteiger partial charge in [0.15, 0.2) is 6.73 Å². The summed E-state index contributed by atoms with van der Waals surface area (Å²) in [6.45, 7) is -0.810. The Balaban J connectivity index is 1.66. The minimum absolute atomic E-state index is 0.0271. The topological polar surface area (TPSA) is 96.0 Å². The maximum atomic E-state index is 13.2. The fraction of sp³-hybridized carbons (Fsp3) is 0.158. The number of amides is 4. The summed E-state index contributed by atoms with van der Waals surface area (Å²) in [7, 11) is 1.50. The number of anilines is 1. The predicted molar refractivity (Wildman–Crippen MR) is 96.1 cm³/mol. The van der Waals surface area contributed by atoms with E-state index in [1.807, 2.05) is 0 Å². The van der Waals surface area contributed by atoms with Gasteiger partial charge in [0, 0.05) is 18.3 Å². The van der Waals surface area contributed by atoms with Crippen molar-refractivity contribution in [3.05, 3.63) is 65.5 Å². The van der Waals surface area contributed by atoms with Gasteiger partial charge in [0.25, 0.3) is 11.8 Å². The molecule has 4 amide bonds. The minimum Gasteiger partial charge on any atom is -0.440 e. The number of esters is 1. The average molecular weight is 385 g/mol. The molecule has 0 unspecified atom stereocenters. The zero-order valence-corrected chi connectivity index (χ0v) is 14.8. The summed E-state index contributed by atoms with van der Waals surface area (Å²) in [5.74, 6) is -2.28. The first-order valence-electron chi connectivity index (χ1n) is 8.27. The van der Waals surface area contributed by atoms with Crippen molar-refractivity contribution in [1.82, 2.24) is 10.2 Å². The molecule has 0 atom stereocenters. The fourth-order valence-corrected chi connectivity index (χ4v) is 2.63. The molecule has 0 aliphatic carbocycles. The van der Waals surface area contributed by atoms with Crippen LogP contribution in [0.3, 0.4) is 0 Å². The van der Waals surface area contributed by atoms with Crippen molar-refractivity contribution in [1.29, 1.82) is 0 Å². The predicted octanol–water partition coefficient (Wildman–Crippen LogP) is 1.77. The van der Waals surface area contributed by atoms with E-state index in [2.05, 4.69) is 5.32 Å². The third-order valence-electron chi connectivity index (χ3n) is 4.11. The van der Waals surface area contributed by atoms with Crippen molar-refractivity contribution < 1.29 is 28.3 Å². The van der Waals surface area contributed by atoms with Gasteiger partial charge < -0.3 is 10.1 Å². The van der Waals surface area contributed by atoms with Gasteiger partial charge in [-0.1, -0.05) is 6.07 Å². The lowest BCUT2D eigenvalue weighted by Crippen LogP contribution is -2.35. The highest BCUT2D eigenvalue weighted by Gasteiger charge is 2.37. The van der Waals surface area contributed by atoms with Gasteiger partial charge in [0.05, 0.1) is 5.56 Å². The van der Waals surface area contributed by atoms with Gasteiger partial charge in [0.2, 0.25) is 0 Å². The standard InChI is InChI=1S/C19H16FN3O5/c1-21-17(25)12-5-7-15(8-6-12)22-10-16(24)23(19(22)27)11-28-18(26)13-3-2-4-14(20)9-13/h2-9H,10-11H2,1H3,(H,21,25). The molecule has 8 nitrogen and oxygen atoms in total. The van der Waals surface area contributed by atoms with Crippen molar-refractivity contribution in [3.63, 3.8) is 0 Å². The van der Waals surface area contributed by atoms with Crippen molar-refractivity contribution >= 4 is 29.5 Å². The van der Waals surface area contributed by atoms with Crippen LogP contribution in [0.1, 0.15) is 20.7 Å². The third-order valence-corrected chi connectivity index (χ3v) is 4.11. The van der Waals surface area contributed by atoms with E-state index in [0.29, 0.717) is 11.3 Å². The Morgan fingerprint density at radius 3 is 2.46 bits per heavy atom. The second-order valence-electron chi connectivity index (χ2n) is 5.89. The number of benzene rings is 2. The van der Waals surface area contributed by atoms with Gasteiger partial charge >= 0.3 is 12.0 Å². The number of hydrogen-bond acceptors (Lipinski definition) is 5. The first-order valence-corrected chi connectivity index (χ1v) is 8.27. The third kappa shape index (κ3) is 3.83. The number of ether oxygens (including phenoxy) is 1. The number of nitrogens with zero attached hydrogens (tertiary/aromatic N) is 2. The number of rotatable bonds is 5. The Kier molecular flexibility index (Phi) is 5.35. The van der Waals surface area contributed by atoms with Crippen molar-refractivity contribution in [3.8, 4) is 0 Å². The first kappa shape index (κ1) is 19.0. The summed E-state index contributed by atoms with van der Waals surface area (Å²) in [6, 6.07) is 10.4. The number of urea groups is 1. The first-order chi connectivity index (χ1) is 13.4. The molecule has 0 radical (unpaired) electrons. The summed E-state index contributed by atoms with van der Waals surface area (Å²) in [6.07, 6.45) is 0. The van der Waals surface area contributed by atoms with Crippen LogP contribution in [-0.4, -0.2) is 49.0 Å². The van der Waals surface area contributed by atoms with Crippen LogP contribution in [0.15, 0.2) is 48.5 Å². The number of nitrogens with one attached hydrogen (secondary N) is 1. The van der Waals surface area contributed by atoms with E-state index in [0.717, 1.165) is 11.0 Å². The van der Waals surface area contributed by atoms with Crippen LogP contribution >= 0.6 is 0 Å². The molecule has 1 heterocycles. The molecule has 0 saturated carbocycles. The van der Waals surface area contributed by atoms with E-state index >= 15 is 0 Å². The highest BCUT2D eigenvalue weighted by Crippen LogP contribution is 2.22. The Morgan fingerprint density at radius 2 is 1.82 bits per heavy atom. The summed E-state index contributed by atoms with van der Waals surface area (Å²) < 4.78 is 18.1. The van der Waals surface area contributed by atoms with Gasteiger partial charge in [-0.2, -0.15) is 0 Å². The minimum atomic E-state index is -0.853. The molecule has 1 N–H and O–H groups in total. The lowest BCUT2D eigenvalue weighted by molar-refractivity contribution is -0.127. The maximum Gasteiger partial charge on any atom is 0.339 e. The molecule has 144 valence electrons. The molecular formula is C19H16FN3O5. The Morgan fingerprint density at radius 1 is 1.11 bits per heavy atom. The summed E-state index contributed by atoms with van der Waals surface area (Å²) in [4.78, 5) is 50.2. The van der Waals surface area contributed by atoms with E-state index in [9.17, 15) is 23.6 Å². The van der Waals surface area contributed by atoms with Crippen LogP contribution in [0, 0.1) is 5.82 Å². The molecule has 1 aliphatic heterocycles. The monoisotopic (exact) mass is 385 g/mol. The molecule has 28 heavy (non-hydrogen) atoms. The van der Waals surface area contributed by atoms with Crippen molar-refractivity contribution in [2.75, 3.05) is 25.2 Å². The highest BCUT2D eigenvalue weighted by molar-refractivity contribution is 6.12. The van der Waals surface area contributed by atoms with Crippen LogP contribution in [-0.2, 0) is 9.53 Å². The van der Waals surface area contributed by atoms with Gasteiger partial charge in [-0.3, -0.25) is 14.5 Å². The van der Waals surface area contributed by atoms with Gasteiger partial charge in [-0.25, -0.2) is 18.9 Å². The largest absolute Gasteiger partial charge is 0.440 e. The van der Waals surface area contributed by atoms with Gasteiger partial charge in [0.1, 0.15) is 12.4 Å². The SMILES string of the molecule is CNC(=O)c1ccc(N2CC(=O)N(COC(=O)c3cccc(F)c3)C2=O)cc1.